The summed E-state index contributed by atoms with van der Waals surface area (Å²) in [7, 11) is -2.46. The van der Waals surface area contributed by atoms with Crippen LogP contribution in [-0.2, 0) is 26.2 Å². The van der Waals surface area contributed by atoms with E-state index in [4.69, 9.17) is 4.74 Å². The lowest BCUT2D eigenvalue weighted by Crippen LogP contribution is -2.49. The zero-order valence-electron chi connectivity index (χ0n) is 20.4. The number of rotatable bonds is 10. The molecule has 1 atom stereocenters. The van der Waals surface area contributed by atoms with Gasteiger partial charge in [-0.1, -0.05) is 38.1 Å². The standard InChI is InChI=1S/C25H31N3O6S/c1-17(2)15-26-24(30)18(3)27(16-19-9-11-20(34-4)12-10-19)23(29)13-14-28-25(31)21-7-5-6-8-22(21)35(28,32)33/h5-12,17-18H,13-16H2,1-4H3,(H,26,30)/t18-/m1/s1. The number of carbonyl (C=O) groups is 3. The Hall–Kier alpha value is -3.40. The van der Waals surface area contributed by atoms with Crippen LogP contribution in [0.1, 0.15) is 43.1 Å². The van der Waals surface area contributed by atoms with Gasteiger partial charge < -0.3 is 15.0 Å². The molecule has 3 rings (SSSR count). The predicted molar refractivity (Wildman–Crippen MR) is 130 cm³/mol. The molecule has 1 aliphatic heterocycles. The van der Waals surface area contributed by atoms with Crippen molar-refractivity contribution in [2.45, 2.75) is 44.7 Å². The van der Waals surface area contributed by atoms with Gasteiger partial charge in [0.25, 0.3) is 15.9 Å². The van der Waals surface area contributed by atoms with Crippen LogP contribution in [0.2, 0.25) is 0 Å². The maximum absolute atomic E-state index is 13.3. The summed E-state index contributed by atoms with van der Waals surface area (Å²) in [6.45, 7) is 5.86. The van der Waals surface area contributed by atoms with Crippen molar-refractivity contribution in [1.82, 2.24) is 14.5 Å². The number of fused-ring (bicyclic) bond motifs is 1. The molecule has 0 saturated heterocycles. The van der Waals surface area contributed by atoms with Crippen LogP contribution in [0.15, 0.2) is 53.4 Å². The van der Waals surface area contributed by atoms with Crippen LogP contribution < -0.4 is 10.1 Å². The number of nitrogens with zero attached hydrogens (tertiary/aromatic N) is 2. The van der Waals surface area contributed by atoms with Crippen molar-refractivity contribution in [3.05, 3.63) is 59.7 Å². The van der Waals surface area contributed by atoms with E-state index in [0.29, 0.717) is 12.3 Å². The lowest BCUT2D eigenvalue weighted by Gasteiger charge is -2.29. The normalized spacial score (nSPS) is 15.0. The number of nitrogens with one attached hydrogen (secondary N) is 1. The van der Waals surface area contributed by atoms with Crippen LogP contribution in [0, 0.1) is 5.92 Å². The zero-order chi connectivity index (χ0) is 25.8. The SMILES string of the molecule is COc1ccc(CN(C(=O)CCN2C(=O)c3ccccc3S2(=O)=O)[C@H](C)C(=O)NCC(C)C)cc1. The molecule has 0 fully saturated rings. The van der Waals surface area contributed by atoms with Gasteiger partial charge in [0, 0.05) is 26.1 Å². The molecule has 2 aromatic rings. The molecule has 0 bridgehead atoms. The topological polar surface area (TPSA) is 113 Å². The number of benzene rings is 2. The summed E-state index contributed by atoms with van der Waals surface area (Å²) < 4.78 is 31.5. The van der Waals surface area contributed by atoms with Gasteiger partial charge in [0.2, 0.25) is 11.8 Å². The van der Waals surface area contributed by atoms with E-state index in [1.54, 1.807) is 50.4 Å². The first-order valence-corrected chi connectivity index (χ1v) is 12.9. The van der Waals surface area contributed by atoms with Gasteiger partial charge in [-0.25, -0.2) is 12.7 Å². The molecule has 9 nitrogen and oxygen atoms in total. The van der Waals surface area contributed by atoms with Gasteiger partial charge in [0.1, 0.15) is 16.7 Å². The molecule has 0 radical (unpaired) electrons. The van der Waals surface area contributed by atoms with Gasteiger partial charge in [-0.3, -0.25) is 14.4 Å². The second kappa shape index (κ2) is 10.9. The minimum atomic E-state index is -4.02. The van der Waals surface area contributed by atoms with Gasteiger partial charge in [0.05, 0.1) is 12.7 Å². The molecule has 0 unspecified atom stereocenters. The third kappa shape index (κ3) is 5.82. The van der Waals surface area contributed by atoms with Gasteiger partial charge in [-0.15, -0.1) is 0 Å². The summed E-state index contributed by atoms with van der Waals surface area (Å²) in [4.78, 5) is 40.1. The molecule has 35 heavy (non-hydrogen) atoms. The van der Waals surface area contributed by atoms with Gasteiger partial charge in [-0.2, -0.15) is 0 Å². The van der Waals surface area contributed by atoms with E-state index in [1.807, 2.05) is 13.8 Å². The lowest BCUT2D eigenvalue weighted by molar-refractivity contribution is -0.140. The molecule has 1 N–H and O–H groups in total. The van der Waals surface area contributed by atoms with Crippen molar-refractivity contribution in [2.75, 3.05) is 20.2 Å². The van der Waals surface area contributed by atoms with Crippen LogP contribution in [0.3, 0.4) is 0 Å². The number of amides is 3. The van der Waals surface area contributed by atoms with Gasteiger partial charge in [0.15, 0.2) is 0 Å². The highest BCUT2D eigenvalue weighted by Crippen LogP contribution is 2.30. The van der Waals surface area contributed by atoms with Crippen molar-refractivity contribution >= 4 is 27.7 Å². The second-order valence-electron chi connectivity index (χ2n) is 8.81. The molecule has 0 saturated carbocycles. The van der Waals surface area contributed by atoms with Crippen LogP contribution in [0.4, 0.5) is 0 Å². The minimum absolute atomic E-state index is 0.0611. The third-order valence-corrected chi connectivity index (χ3v) is 7.65. The summed E-state index contributed by atoms with van der Waals surface area (Å²) in [5, 5.41) is 2.84. The maximum Gasteiger partial charge on any atom is 0.269 e. The number of hydrogen-bond acceptors (Lipinski definition) is 6. The highest BCUT2D eigenvalue weighted by atomic mass is 32.2. The van der Waals surface area contributed by atoms with E-state index in [9.17, 15) is 22.8 Å². The second-order valence-corrected chi connectivity index (χ2v) is 10.6. The summed E-state index contributed by atoms with van der Waals surface area (Å²) >= 11 is 0. The molecule has 0 spiro atoms. The summed E-state index contributed by atoms with van der Waals surface area (Å²) in [6, 6.07) is 12.3. The fraction of sp³-hybridized carbons (Fsp3) is 0.400. The quantitative estimate of drug-likeness (QED) is 0.535. The molecular weight excluding hydrogens is 470 g/mol. The van der Waals surface area contributed by atoms with Crippen LogP contribution in [-0.4, -0.2) is 61.6 Å². The number of carbonyl (C=O) groups excluding carboxylic acids is 3. The molecule has 1 heterocycles. The van der Waals surface area contributed by atoms with E-state index >= 15 is 0 Å². The summed E-state index contributed by atoms with van der Waals surface area (Å²) in [6.07, 6.45) is -0.253. The molecule has 0 aliphatic carbocycles. The van der Waals surface area contributed by atoms with Crippen molar-refractivity contribution in [3.8, 4) is 5.75 Å². The summed E-state index contributed by atoms with van der Waals surface area (Å²) in [5.41, 5.74) is 0.872. The smallest absolute Gasteiger partial charge is 0.269 e. The van der Waals surface area contributed by atoms with Gasteiger partial charge in [-0.05, 0) is 42.7 Å². The Kier molecular flexibility index (Phi) is 8.16. The van der Waals surface area contributed by atoms with Crippen molar-refractivity contribution in [3.63, 3.8) is 0 Å². The first kappa shape index (κ1) is 26.2. The number of sulfonamides is 1. The molecular formula is C25H31N3O6S. The van der Waals surface area contributed by atoms with Crippen molar-refractivity contribution in [2.24, 2.45) is 5.92 Å². The predicted octanol–water partition coefficient (Wildman–Crippen LogP) is 2.42. The maximum atomic E-state index is 13.3. The first-order valence-electron chi connectivity index (χ1n) is 11.4. The molecule has 3 amide bonds. The fourth-order valence-electron chi connectivity index (χ4n) is 3.76. The van der Waals surface area contributed by atoms with Crippen LogP contribution in [0.5, 0.6) is 5.75 Å². The number of hydrogen-bond donors (Lipinski definition) is 1. The Balaban J connectivity index is 1.78. The van der Waals surface area contributed by atoms with Crippen LogP contribution >= 0.6 is 0 Å². The highest BCUT2D eigenvalue weighted by molar-refractivity contribution is 7.90. The Morgan fingerprint density at radius 2 is 1.71 bits per heavy atom. The summed E-state index contributed by atoms with van der Waals surface area (Å²) in [5.74, 6) is -0.501. The molecule has 1 aliphatic rings. The number of methoxy groups -OCH3 is 1. The van der Waals surface area contributed by atoms with E-state index in [0.717, 1.165) is 9.87 Å². The van der Waals surface area contributed by atoms with Crippen molar-refractivity contribution in [1.29, 1.82) is 0 Å². The monoisotopic (exact) mass is 501 g/mol. The fourth-order valence-corrected chi connectivity index (χ4v) is 5.33. The number of ether oxygens (including phenoxy) is 1. The van der Waals surface area contributed by atoms with E-state index in [-0.39, 0.29) is 41.8 Å². The minimum Gasteiger partial charge on any atom is -0.497 e. The van der Waals surface area contributed by atoms with E-state index in [1.165, 1.54) is 17.0 Å². The zero-order valence-corrected chi connectivity index (χ0v) is 21.2. The highest BCUT2D eigenvalue weighted by Gasteiger charge is 2.41. The van der Waals surface area contributed by atoms with Gasteiger partial charge >= 0.3 is 0 Å². The Morgan fingerprint density at radius 1 is 1.06 bits per heavy atom. The Bertz CT molecular complexity index is 1190. The average molecular weight is 502 g/mol. The largest absolute Gasteiger partial charge is 0.497 e. The third-order valence-electron chi connectivity index (χ3n) is 5.80. The van der Waals surface area contributed by atoms with Crippen molar-refractivity contribution < 1.29 is 27.5 Å². The average Bonchev–Trinajstić information content (AvgIpc) is 3.04. The Labute approximate surface area is 206 Å². The lowest BCUT2D eigenvalue weighted by atomic mass is 10.1. The van der Waals surface area contributed by atoms with E-state index in [2.05, 4.69) is 5.32 Å². The Morgan fingerprint density at radius 3 is 2.31 bits per heavy atom. The van der Waals surface area contributed by atoms with E-state index < -0.39 is 27.9 Å². The molecule has 10 heteroatoms. The first-order chi connectivity index (χ1) is 16.6. The molecule has 2 aromatic carbocycles. The molecule has 188 valence electrons. The van der Waals surface area contributed by atoms with Crippen LogP contribution in [0.25, 0.3) is 0 Å². The molecule has 0 aromatic heterocycles.